The van der Waals surface area contributed by atoms with Gasteiger partial charge in [-0.25, -0.2) is 0 Å². The Morgan fingerprint density at radius 3 is 3.04 bits per heavy atom. The Kier molecular flexibility index (Phi) is 4.29. The molecule has 0 radical (unpaired) electrons. The largest absolute Gasteiger partial charge is 0.370 e. The van der Waals surface area contributed by atoms with Gasteiger partial charge in [-0.2, -0.15) is 0 Å². The SMILES string of the molecule is Cc1cccc(CN2C[C@@H]3[C@H](CNC(=O)c4cc(C)no4)[C@H]4CC[C@]3(C2)O4)c1. The van der Waals surface area contributed by atoms with Gasteiger partial charge in [-0.3, -0.25) is 9.69 Å². The Labute approximate surface area is 165 Å². The topological polar surface area (TPSA) is 67.6 Å². The first-order valence-electron chi connectivity index (χ1n) is 10.2. The van der Waals surface area contributed by atoms with Gasteiger partial charge in [0, 0.05) is 44.1 Å². The summed E-state index contributed by atoms with van der Waals surface area (Å²) >= 11 is 0. The Bertz CT molecular complexity index is 895. The lowest BCUT2D eigenvalue weighted by Crippen LogP contribution is -2.41. The fraction of sp³-hybridized carbons (Fsp3) is 0.545. The second kappa shape index (κ2) is 6.71. The first kappa shape index (κ1) is 17.9. The average molecular weight is 381 g/mol. The van der Waals surface area contributed by atoms with Crippen molar-refractivity contribution in [2.24, 2.45) is 11.8 Å². The monoisotopic (exact) mass is 381 g/mol. The van der Waals surface area contributed by atoms with Crippen LogP contribution in [0.4, 0.5) is 0 Å². The van der Waals surface area contributed by atoms with Gasteiger partial charge in [-0.15, -0.1) is 0 Å². The van der Waals surface area contributed by atoms with Crippen LogP contribution < -0.4 is 5.32 Å². The molecule has 2 aromatic rings. The molecule has 6 heteroatoms. The van der Waals surface area contributed by atoms with E-state index in [4.69, 9.17) is 9.26 Å². The molecule has 0 saturated carbocycles. The fourth-order valence-corrected chi connectivity index (χ4v) is 5.52. The molecule has 3 saturated heterocycles. The quantitative estimate of drug-likeness (QED) is 0.863. The van der Waals surface area contributed by atoms with Crippen LogP contribution in [0.2, 0.25) is 0 Å². The van der Waals surface area contributed by atoms with Crippen molar-refractivity contribution in [2.45, 2.75) is 44.9 Å². The van der Waals surface area contributed by atoms with Crippen molar-refractivity contribution in [3.8, 4) is 0 Å². The number of aromatic nitrogens is 1. The van der Waals surface area contributed by atoms with E-state index in [0.717, 1.165) is 38.2 Å². The maximum atomic E-state index is 12.4. The lowest BCUT2D eigenvalue weighted by atomic mass is 9.73. The summed E-state index contributed by atoms with van der Waals surface area (Å²) < 4.78 is 11.6. The van der Waals surface area contributed by atoms with Gasteiger partial charge in [0.15, 0.2) is 0 Å². The number of benzene rings is 1. The smallest absolute Gasteiger partial charge is 0.289 e. The second-order valence-corrected chi connectivity index (χ2v) is 8.73. The van der Waals surface area contributed by atoms with Crippen LogP contribution in [0.1, 0.15) is 40.2 Å². The zero-order chi connectivity index (χ0) is 19.3. The number of aryl methyl sites for hydroxylation is 2. The summed E-state index contributed by atoms with van der Waals surface area (Å²) in [5, 5.41) is 6.85. The third-order valence-electron chi connectivity index (χ3n) is 6.69. The molecular formula is C22H27N3O3. The highest BCUT2D eigenvalue weighted by Gasteiger charge is 2.62. The molecule has 4 heterocycles. The van der Waals surface area contributed by atoms with Crippen LogP contribution in [0.3, 0.4) is 0 Å². The fourth-order valence-electron chi connectivity index (χ4n) is 5.52. The number of carbonyl (C=O) groups is 1. The van der Waals surface area contributed by atoms with E-state index in [1.165, 1.54) is 11.1 Å². The van der Waals surface area contributed by atoms with Crippen molar-refractivity contribution in [1.29, 1.82) is 0 Å². The summed E-state index contributed by atoms with van der Waals surface area (Å²) in [6, 6.07) is 10.4. The summed E-state index contributed by atoms with van der Waals surface area (Å²) in [4.78, 5) is 14.9. The average Bonchev–Trinajstić information content (AvgIpc) is 3.40. The first-order chi connectivity index (χ1) is 13.5. The molecule has 28 heavy (non-hydrogen) atoms. The molecule has 148 valence electrons. The third-order valence-corrected chi connectivity index (χ3v) is 6.69. The highest BCUT2D eigenvalue weighted by molar-refractivity contribution is 5.91. The molecule has 3 fully saturated rings. The van der Waals surface area contributed by atoms with Crippen molar-refractivity contribution in [2.75, 3.05) is 19.6 Å². The first-order valence-corrected chi connectivity index (χ1v) is 10.2. The predicted molar refractivity (Wildman–Crippen MR) is 104 cm³/mol. The maximum absolute atomic E-state index is 12.4. The Morgan fingerprint density at radius 2 is 2.25 bits per heavy atom. The summed E-state index contributed by atoms with van der Waals surface area (Å²) in [6.07, 6.45) is 2.50. The van der Waals surface area contributed by atoms with Crippen LogP contribution >= 0.6 is 0 Å². The van der Waals surface area contributed by atoms with E-state index < -0.39 is 0 Å². The van der Waals surface area contributed by atoms with Gasteiger partial charge in [-0.05, 0) is 32.3 Å². The highest BCUT2D eigenvalue weighted by atomic mass is 16.5. The summed E-state index contributed by atoms with van der Waals surface area (Å²) in [6.45, 7) is 7.58. The summed E-state index contributed by atoms with van der Waals surface area (Å²) in [5.41, 5.74) is 3.36. The molecule has 1 spiro atoms. The summed E-state index contributed by atoms with van der Waals surface area (Å²) in [5.74, 6) is 0.938. The molecule has 3 aliphatic rings. The van der Waals surface area contributed by atoms with E-state index in [-0.39, 0.29) is 23.4 Å². The number of amides is 1. The van der Waals surface area contributed by atoms with Crippen LogP contribution in [0.25, 0.3) is 0 Å². The Hall–Kier alpha value is -2.18. The second-order valence-electron chi connectivity index (χ2n) is 8.73. The minimum absolute atomic E-state index is 0.0211. The van der Waals surface area contributed by atoms with Crippen molar-refractivity contribution < 1.29 is 14.1 Å². The minimum Gasteiger partial charge on any atom is -0.370 e. The zero-order valence-corrected chi connectivity index (χ0v) is 16.5. The molecule has 1 aromatic heterocycles. The summed E-state index contributed by atoms with van der Waals surface area (Å²) in [7, 11) is 0. The number of carbonyl (C=O) groups excluding carboxylic acids is 1. The van der Waals surface area contributed by atoms with Gasteiger partial charge < -0.3 is 14.6 Å². The molecule has 1 aromatic carbocycles. The van der Waals surface area contributed by atoms with E-state index in [0.29, 0.717) is 18.4 Å². The number of nitrogens with one attached hydrogen (secondary N) is 1. The molecule has 6 nitrogen and oxygen atoms in total. The molecule has 0 unspecified atom stereocenters. The van der Waals surface area contributed by atoms with Gasteiger partial charge >= 0.3 is 0 Å². The van der Waals surface area contributed by atoms with E-state index in [1.807, 2.05) is 6.92 Å². The zero-order valence-electron chi connectivity index (χ0n) is 16.5. The lowest BCUT2D eigenvalue weighted by molar-refractivity contribution is 0.00211. The van der Waals surface area contributed by atoms with Crippen LogP contribution in [0.5, 0.6) is 0 Å². The van der Waals surface area contributed by atoms with Crippen LogP contribution in [-0.4, -0.2) is 47.3 Å². The van der Waals surface area contributed by atoms with Crippen molar-refractivity contribution >= 4 is 5.91 Å². The van der Waals surface area contributed by atoms with E-state index >= 15 is 0 Å². The van der Waals surface area contributed by atoms with Gasteiger partial charge in [0.1, 0.15) is 0 Å². The number of hydrogen-bond acceptors (Lipinski definition) is 5. The Balaban J connectivity index is 1.25. The van der Waals surface area contributed by atoms with Crippen molar-refractivity contribution in [1.82, 2.24) is 15.4 Å². The predicted octanol–water partition coefficient (Wildman–Crippen LogP) is 2.70. The minimum atomic E-state index is -0.188. The molecule has 4 atom stereocenters. The molecule has 2 bridgehead atoms. The molecular weight excluding hydrogens is 354 g/mol. The van der Waals surface area contributed by atoms with Crippen molar-refractivity contribution in [3.05, 3.63) is 52.9 Å². The van der Waals surface area contributed by atoms with Gasteiger partial charge in [0.2, 0.25) is 5.76 Å². The maximum Gasteiger partial charge on any atom is 0.289 e. The van der Waals surface area contributed by atoms with E-state index in [1.54, 1.807) is 6.07 Å². The van der Waals surface area contributed by atoms with Crippen LogP contribution in [0, 0.1) is 25.7 Å². The normalized spacial score (nSPS) is 31.3. The van der Waals surface area contributed by atoms with Crippen LogP contribution in [-0.2, 0) is 11.3 Å². The Morgan fingerprint density at radius 1 is 1.36 bits per heavy atom. The number of fused-ring (bicyclic) bond motifs is 1. The van der Waals surface area contributed by atoms with Crippen molar-refractivity contribution in [3.63, 3.8) is 0 Å². The van der Waals surface area contributed by atoms with Gasteiger partial charge in [0.05, 0.1) is 17.4 Å². The molecule has 1 N–H and O–H groups in total. The molecule has 5 rings (SSSR count). The van der Waals surface area contributed by atoms with Crippen LogP contribution in [0.15, 0.2) is 34.9 Å². The van der Waals surface area contributed by atoms with E-state index in [9.17, 15) is 4.79 Å². The van der Waals surface area contributed by atoms with Gasteiger partial charge in [0.25, 0.3) is 5.91 Å². The number of hydrogen-bond donors (Lipinski definition) is 1. The number of nitrogens with zero attached hydrogens (tertiary/aromatic N) is 2. The van der Waals surface area contributed by atoms with E-state index in [2.05, 4.69) is 46.6 Å². The molecule has 1 amide bonds. The molecule has 3 aliphatic heterocycles. The third kappa shape index (κ3) is 3.05. The number of ether oxygens (including phenoxy) is 1. The number of likely N-dealkylation sites (tertiary alicyclic amines) is 1. The molecule has 0 aliphatic carbocycles. The highest BCUT2D eigenvalue weighted by Crippen LogP contribution is 2.54. The lowest BCUT2D eigenvalue weighted by Gasteiger charge is -2.29. The standard InChI is InChI=1S/C22H27N3O3/c1-14-4-3-5-16(8-14)11-25-12-18-17(19-6-7-22(18,13-25)27-19)10-23-21(26)20-9-15(2)24-28-20/h3-5,8-9,17-19H,6-7,10-13H2,1-2H3,(H,23,26)/t17-,18+,19+,22+/m0/s1. The van der Waals surface area contributed by atoms with Gasteiger partial charge in [-0.1, -0.05) is 35.0 Å². The number of rotatable bonds is 5.